The van der Waals surface area contributed by atoms with Gasteiger partial charge in [-0.3, -0.25) is 10.1 Å². The van der Waals surface area contributed by atoms with Gasteiger partial charge in [0.25, 0.3) is 0 Å². The average molecular weight is 314 g/mol. The lowest BCUT2D eigenvalue weighted by Crippen LogP contribution is -2.38. The molecule has 0 saturated heterocycles. The van der Waals surface area contributed by atoms with Crippen LogP contribution < -0.4 is 4.74 Å². The van der Waals surface area contributed by atoms with Gasteiger partial charge in [-0.05, 0) is 38.8 Å². The van der Waals surface area contributed by atoms with Crippen LogP contribution in [0.1, 0.15) is 26.7 Å². The van der Waals surface area contributed by atoms with E-state index in [0.717, 1.165) is 18.9 Å². The molecule has 8 heteroatoms. The molecule has 0 spiro atoms. The first-order valence-electron chi connectivity index (χ1n) is 6.65. The van der Waals surface area contributed by atoms with Crippen molar-refractivity contribution in [3.63, 3.8) is 0 Å². The first-order chi connectivity index (χ1) is 9.78. The summed E-state index contributed by atoms with van der Waals surface area (Å²) in [6, 6.07) is 3.53. The summed E-state index contributed by atoms with van der Waals surface area (Å²) in [6.45, 7) is 3.60. The molecule has 21 heavy (non-hydrogen) atoms. The van der Waals surface area contributed by atoms with Crippen LogP contribution in [0.25, 0.3) is 0 Å². The number of nitro groups is 1. The quantitative estimate of drug-likeness (QED) is 0.593. The van der Waals surface area contributed by atoms with E-state index in [1.807, 2.05) is 0 Å². The summed E-state index contributed by atoms with van der Waals surface area (Å²) in [6.07, 6.45) is 1.66. The number of hydrogen-bond donors (Lipinski definition) is 0. The standard InChI is InChI=1S/C13H18N2O5S/c1-9(2)14(10-4-5-10)21(18,19)11-6-7-13(20-3)12(8-11)15(16)17/h6-10H,4-5H2,1-3H3. The fraction of sp³-hybridized carbons (Fsp3) is 0.538. The predicted molar refractivity (Wildman–Crippen MR) is 76.8 cm³/mol. The van der Waals surface area contributed by atoms with Crippen LogP contribution in [0, 0.1) is 10.1 Å². The van der Waals surface area contributed by atoms with Gasteiger partial charge in [-0.1, -0.05) is 0 Å². The van der Waals surface area contributed by atoms with Gasteiger partial charge < -0.3 is 4.74 Å². The molecule has 1 fully saturated rings. The molecule has 0 atom stereocenters. The van der Waals surface area contributed by atoms with E-state index in [1.165, 1.54) is 23.5 Å². The Morgan fingerprint density at radius 1 is 1.38 bits per heavy atom. The van der Waals surface area contributed by atoms with Crippen molar-refractivity contribution in [3.05, 3.63) is 28.3 Å². The Hall–Kier alpha value is -1.67. The molecule has 2 rings (SSSR count). The van der Waals surface area contributed by atoms with Gasteiger partial charge in [-0.15, -0.1) is 0 Å². The van der Waals surface area contributed by atoms with Crippen LogP contribution in [-0.4, -0.2) is 36.8 Å². The zero-order valence-electron chi connectivity index (χ0n) is 12.1. The molecule has 0 N–H and O–H groups in total. The van der Waals surface area contributed by atoms with E-state index in [4.69, 9.17) is 4.74 Å². The van der Waals surface area contributed by atoms with E-state index in [-0.39, 0.29) is 28.4 Å². The molecule has 0 bridgehead atoms. The highest BCUT2D eigenvalue weighted by Gasteiger charge is 2.40. The molecule has 1 saturated carbocycles. The van der Waals surface area contributed by atoms with Crippen LogP contribution in [0.3, 0.4) is 0 Å². The summed E-state index contributed by atoms with van der Waals surface area (Å²) in [5.41, 5.74) is -0.349. The highest BCUT2D eigenvalue weighted by molar-refractivity contribution is 7.89. The highest BCUT2D eigenvalue weighted by atomic mass is 32.2. The SMILES string of the molecule is COc1ccc(S(=O)(=O)N(C(C)C)C2CC2)cc1[N+](=O)[O-]. The normalized spacial score (nSPS) is 15.5. The Morgan fingerprint density at radius 3 is 2.43 bits per heavy atom. The Morgan fingerprint density at radius 2 is 2.00 bits per heavy atom. The number of rotatable bonds is 6. The van der Waals surface area contributed by atoms with Gasteiger partial charge in [0.05, 0.1) is 16.9 Å². The van der Waals surface area contributed by atoms with Crippen molar-refractivity contribution < 1.29 is 18.1 Å². The van der Waals surface area contributed by atoms with Gasteiger partial charge in [0.1, 0.15) is 0 Å². The van der Waals surface area contributed by atoms with Crippen molar-refractivity contribution in [2.45, 2.75) is 43.7 Å². The van der Waals surface area contributed by atoms with Crippen molar-refractivity contribution in [2.75, 3.05) is 7.11 Å². The molecule has 0 aliphatic heterocycles. The van der Waals surface area contributed by atoms with E-state index in [0.29, 0.717) is 0 Å². The predicted octanol–water partition coefficient (Wildman–Crippen LogP) is 2.16. The molecule has 1 aromatic carbocycles. The smallest absolute Gasteiger partial charge is 0.312 e. The third-order valence-electron chi connectivity index (χ3n) is 3.34. The Bertz CT molecular complexity index is 651. The zero-order chi connectivity index (χ0) is 15.8. The Balaban J connectivity index is 2.49. The molecule has 1 aliphatic carbocycles. The molecule has 0 radical (unpaired) electrons. The summed E-state index contributed by atoms with van der Waals surface area (Å²) < 4.78 is 31.7. The molecular formula is C13H18N2O5S. The second kappa shape index (κ2) is 5.61. The second-order valence-electron chi connectivity index (χ2n) is 5.25. The Kier molecular flexibility index (Phi) is 4.20. The van der Waals surface area contributed by atoms with E-state index < -0.39 is 14.9 Å². The van der Waals surface area contributed by atoms with E-state index in [2.05, 4.69) is 0 Å². The van der Waals surface area contributed by atoms with Crippen LogP contribution in [0.2, 0.25) is 0 Å². The van der Waals surface area contributed by atoms with Crippen LogP contribution in [0.15, 0.2) is 23.1 Å². The average Bonchev–Trinajstić information content (AvgIpc) is 3.21. The van der Waals surface area contributed by atoms with E-state index in [1.54, 1.807) is 13.8 Å². The second-order valence-corrected chi connectivity index (χ2v) is 7.09. The molecule has 0 aromatic heterocycles. The highest BCUT2D eigenvalue weighted by Crippen LogP contribution is 2.36. The fourth-order valence-corrected chi connectivity index (χ4v) is 4.22. The van der Waals surface area contributed by atoms with Crippen molar-refractivity contribution in [1.82, 2.24) is 4.31 Å². The zero-order valence-corrected chi connectivity index (χ0v) is 13.0. The lowest BCUT2D eigenvalue weighted by molar-refractivity contribution is -0.386. The maximum atomic E-state index is 12.7. The van der Waals surface area contributed by atoms with Crippen LogP contribution in [-0.2, 0) is 10.0 Å². The summed E-state index contributed by atoms with van der Waals surface area (Å²) in [5, 5.41) is 11.0. The number of sulfonamides is 1. The topological polar surface area (TPSA) is 89.8 Å². The first-order valence-corrected chi connectivity index (χ1v) is 8.09. The van der Waals surface area contributed by atoms with Gasteiger partial charge in [-0.25, -0.2) is 8.42 Å². The maximum absolute atomic E-state index is 12.7. The third-order valence-corrected chi connectivity index (χ3v) is 5.46. The number of nitro benzene ring substituents is 1. The van der Waals surface area contributed by atoms with Crippen LogP contribution in [0.5, 0.6) is 5.75 Å². The largest absolute Gasteiger partial charge is 0.490 e. The molecule has 1 aromatic rings. The van der Waals surface area contributed by atoms with Crippen molar-refractivity contribution in [2.24, 2.45) is 0 Å². The maximum Gasteiger partial charge on any atom is 0.312 e. The molecule has 0 heterocycles. The minimum atomic E-state index is -3.74. The van der Waals surface area contributed by atoms with Gasteiger partial charge in [0.15, 0.2) is 5.75 Å². The molecule has 116 valence electrons. The lowest BCUT2D eigenvalue weighted by atomic mass is 10.3. The first kappa shape index (κ1) is 15.7. The molecule has 7 nitrogen and oxygen atoms in total. The Labute approximate surface area is 123 Å². The summed E-state index contributed by atoms with van der Waals surface area (Å²) in [4.78, 5) is 10.3. The number of nitrogens with zero attached hydrogens (tertiary/aromatic N) is 2. The van der Waals surface area contributed by atoms with Crippen LogP contribution >= 0.6 is 0 Å². The summed E-state index contributed by atoms with van der Waals surface area (Å²) in [7, 11) is -2.44. The number of methoxy groups -OCH3 is 1. The summed E-state index contributed by atoms with van der Waals surface area (Å²) in [5.74, 6) is 0.0430. The van der Waals surface area contributed by atoms with Crippen LogP contribution in [0.4, 0.5) is 5.69 Å². The summed E-state index contributed by atoms with van der Waals surface area (Å²) >= 11 is 0. The molecule has 1 aliphatic rings. The van der Waals surface area contributed by atoms with Gasteiger partial charge in [0, 0.05) is 18.2 Å². The molecular weight excluding hydrogens is 296 g/mol. The van der Waals surface area contributed by atoms with Crippen molar-refractivity contribution in [3.8, 4) is 5.75 Å². The lowest BCUT2D eigenvalue weighted by Gasteiger charge is -2.25. The third kappa shape index (κ3) is 3.01. The van der Waals surface area contributed by atoms with Crippen molar-refractivity contribution >= 4 is 15.7 Å². The van der Waals surface area contributed by atoms with Gasteiger partial charge in [-0.2, -0.15) is 4.31 Å². The molecule has 0 unspecified atom stereocenters. The van der Waals surface area contributed by atoms with Gasteiger partial charge in [0.2, 0.25) is 10.0 Å². The minimum absolute atomic E-state index is 0.00356. The fourth-order valence-electron chi connectivity index (χ4n) is 2.32. The van der Waals surface area contributed by atoms with Crippen molar-refractivity contribution in [1.29, 1.82) is 0 Å². The minimum Gasteiger partial charge on any atom is -0.490 e. The number of hydrogen-bond acceptors (Lipinski definition) is 5. The monoisotopic (exact) mass is 314 g/mol. The number of ether oxygens (including phenoxy) is 1. The van der Waals surface area contributed by atoms with Gasteiger partial charge >= 0.3 is 5.69 Å². The molecule has 0 amide bonds. The van der Waals surface area contributed by atoms with E-state index >= 15 is 0 Å². The van der Waals surface area contributed by atoms with E-state index in [9.17, 15) is 18.5 Å². The number of benzene rings is 1.